The van der Waals surface area contributed by atoms with Crippen LogP contribution in [0, 0.1) is 11.7 Å². The van der Waals surface area contributed by atoms with E-state index in [1.807, 2.05) is 6.92 Å². The lowest BCUT2D eigenvalue weighted by molar-refractivity contribution is -0.121. The Balaban J connectivity index is 1.87. The minimum Gasteiger partial charge on any atom is -0.393 e. The molecule has 0 spiro atoms. The smallest absolute Gasteiger partial charge is 0.227 e. The highest BCUT2D eigenvalue weighted by atomic mass is 19.1. The Bertz CT molecular complexity index is 604. The first kappa shape index (κ1) is 18.4. The maximum atomic E-state index is 13.3. The van der Waals surface area contributed by atoms with Crippen molar-refractivity contribution in [2.24, 2.45) is 5.92 Å². The first-order valence-electron chi connectivity index (χ1n) is 8.40. The predicted molar refractivity (Wildman–Crippen MR) is 90.2 cm³/mol. The Morgan fingerprint density at radius 3 is 2.83 bits per heavy atom. The number of hydrogen-bond donors (Lipinski definition) is 2. The second kappa shape index (κ2) is 8.24. The molecule has 6 heteroatoms. The molecule has 2 rings (SSSR count). The van der Waals surface area contributed by atoms with Gasteiger partial charge in [-0.05, 0) is 49.4 Å². The molecule has 2 unspecified atom stereocenters. The van der Waals surface area contributed by atoms with Crippen molar-refractivity contribution < 1.29 is 19.1 Å². The third-order valence-corrected chi connectivity index (χ3v) is 4.20. The normalized spacial score (nSPS) is 16.5. The molecular formula is C18H25FN2O3. The molecule has 5 nitrogen and oxygen atoms in total. The number of benzene rings is 1. The van der Waals surface area contributed by atoms with Crippen LogP contribution in [-0.2, 0) is 16.0 Å². The fourth-order valence-corrected chi connectivity index (χ4v) is 3.03. The average molecular weight is 336 g/mol. The highest BCUT2D eigenvalue weighted by molar-refractivity contribution is 5.97. The Kier molecular flexibility index (Phi) is 6.31. The van der Waals surface area contributed by atoms with Crippen molar-refractivity contribution in [3.05, 3.63) is 29.6 Å². The average Bonchev–Trinajstić information content (AvgIpc) is 2.51. The molecule has 1 heterocycles. The lowest BCUT2D eigenvalue weighted by atomic mass is 10.0. The second-order valence-corrected chi connectivity index (χ2v) is 6.56. The Hall–Kier alpha value is -1.95. The van der Waals surface area contributed by atoms with Crippen LogP contribution in [0.15, 0.2) is 18.2 Å². The zero-order valence-corrected chi connectivity index (χ0v) is 14.2. The summed E-state index contributed by atoms with van der Waals surface area (Å²) >= 11 is 0. The van der Waals surface area contributed by atoms with E-state index in [1.165, 1.54) is 12.1 Å². The van der Waals surface area contributed by atoms with Gasteiger partial charge in [0.25, 0.3) is 0 Å². The molecule has 0 saturated carbocycles. The number of halogens is 1. The number of fused-ring (bicyclic) bond motifs is 1. The van der Waals surface area contributed by atoms with Crippen molar-refractivity contribution in [3.8, 4) is 0 Å². The molecule has 0 fully saturated rings. The maximum absolute atomic E-state index is 13.3. The predicted octanol–water partition coefficient (Wildman–Crippen LogP) is 2.02. The fraction of sp³-hybridized carbons (Fsp3) is 0.556. The Morgan fingerprint density at radius 2 is 2.12 bits per heavy atom. The minimum absolute atomic E-state index is 0.0376. The number of aliphatic hydroxyl groups is 1. The summed E-state index contributed by atoms with van der Waals surface area (Å²) in [5.74, 6) is -0.291. The number of anilines is 1. The van der Waals surface area contributed by atoms with Crippen molar-refractivity contribution in [3.63, 3.8) is 0 Å². The first-order chi connectivity index (χ1) is 11.4. The Morgan fingerprint density at radius 1 is 1.38 bits per heavy atom. The number of carbonyl (C=O) groups is 2. The molecule has 1 aromatic rings. The minimum atomic E-state index is -0.389. The molecule has 0 aromatic heterocycles. The molecule has 2 N–H and O–H groups in total. The SMILES string of the molecule is CC(O)CC(C)CNC(=O)CCN1C(=O)CCc2cc(F)ccc21. The standard InChI is InChI=1S/C18H25FN2O3/c1-12(9-13(2)22)11-20-17(23)7-8-21-16-5-4-15(19)10-14(16)3-6-18(21)24/h4-5,10,12-13,22H,3,6-9,11H2,1-2H3,(H,20,23). The van der Waals surface area contributed by atoms with Gasteiger partial charge in [0.1, 0.15) is 5.82 Å². The molecular weight excluding hydrogens is 311 g/mol. The van der Waals surface area contributed by atoms with Crippen LogP contribution >= 0.6 is 0 Å². The molecule has 1 aliphatic heterocycles. The number of nitrogens with zero attached hydrogens (tertiary/aromatic N) is 1. The molecule has 2 atom stereocenters. The van der Waals surface area contributed by atoms with Gasteiger partial charge in [0.15, 0.2) is 0 Å². The molecule has 0 bridgehead atoms. The summed E-state index contributed by atoms with van der Waals surface area (Å²) in [7, 11) is 0. The van der Waals surface area contributed by atoms with Gasteiger partial charge in [-0.3, -0.25) is 9.59 Å². The molecule has 1 aromatic carbocycles. The quantitative estimate of drug-likeness (QED) is 0.800. The van der Waals surface area contributed by atoms with Gasteiger partial charge in [-0.25, -0.2) is 4.39 Å². The van der Waals surface area contributed by atoms with E-state index in [-0.39, 0.29) is 42.6 Å². The van der Waals surface area contributed by atoms with Crippen LogP contribution in [0.5, 0.6) is 0 Å². The van der Waals surface area contributed by atoms with Gasteiger partial charge in [-0.15, -0.1) is 0 Å². The molecule has 0 radical (unpaired) electrons. The lowest BCUT2D eigenvalue weighted by Crippen LogP contribution is -2.39. The summed E-state index contributed by atoms with van der Waals surface area (Å²) < 4.78 is 13.3. The zero-order chi connectivity index (χ0) is 17.7. The van der Waals surface area contributed by atoms with E-state index >= 15 is 0 Å². The largest absolute Gasteiger partial charge is 0.393 e. The highest BCUT2D eigenvalue weighted by Crippen LogP contribution is 2.28. The van der Waals surface area contributed by atoms with Gasteiger partial charge in [-0.2, -0.15) is 0 Å². The van der Waals surface area contributed by atoms with Crippen LogP contribution in [0.1, 0.15) is 38.7 Å². The summed E-state index contributed by atoms with van der Waals surface area (Å²) in [4.78, 5) is 25.7. The number of nitrogens with one attached hydrogen (secondary N) is 1. The van der Waals surface area contributed by atoms with Crippen LogP contribution in [0.4, 0.5) is 10.1 Å². The molecule has 0 saturated heterocycles. The lowest BCUT2D eigenvalue weighted by Gasteiger charge is -2.29. The summed E-state index contributed by atoms with van der Waals surface area (Å²) in [6, 6.07) is 4.39. The number of amides is 2. The summed E-state index contributed by atoms with van der Waals surface area (Å²) in [6.07, 6.45) is 1.31. The zero-order valence-electron chi connectivity index (χ0n) is 14.2. The maximum Gasteiger partial charge on any atom is 0.227 e. The van der Waals surface area contributed by atoms with E-state index in [1.54, 1.807) is 17.9 Å². The highest BCUT2D eigenvalue weighted by Gasteiger charge is 2.24. The van der Waals surface area contributed by atoms with Gasteiger partial charge in [-0.1, -0.05) is 6.92 Å². The summed E-state index contributed by atoms with van der Waals surface area (Å²) in [6.45, 7) is 4.47. The topological polar surface area (TPSA) is 69.6 Å². The van der Waals surface area contributed by atoms with Gasteiger partial charge < -0.3 is 15.3 Å². The number of rotatable bonds is 7. The van der Waals surface area contributed by atoms with E-state index in [4.69, 9.17) is 0 Å². The molecule has 24 heavy (non-hydrogen) atoms. The Labute approximate surface area is 141 Å². The number of aliphatic hydroxyl groups excluding tert-OH is 1. The second-order valence-electron chi connectivity index (χ2n) is 6.56. The van der Waals surface area contributed by atoms with Crippen molar-refractivity contribution in [2.75, 3.05) is 18.0 Å². The van der Waals surface area contributed by atoms with Crippen molar-refractivity contribution >= 4 is 17.5 Å². The van der Waals surface area contributed by atoms with Crippen molar-refractivity contribution in [1.82, 2.24) is 5.32 Å². The van der Waals surface area contributed by atoms with Gasteiger partial charge >= 0.3 is 0 Å². The molecule has 2 amide bonds. The monoisotopic (exact) mass is 336 g/mol. The van der Waals surface area contributed by atoms with Crippen LogP contribution < -0.4 is 10.2 Å². The summed E-state index contributed by atoms with van der Waals surface area (Å²) in [5, 5.41) is 12.1. The van der Waals surface area contributed by atoms with Gasteiger partial charge in [0.2, 0.25) is 11.8 Å². The summed E-state index contributed by atoms with van der Waals surface area (Å²) in [5.41, 5.74) is 1.50. The van der Waals surface area contributed by atoms with Crippen LogP contribution in [0.2, 0.25) is 0 Å². The fourth-order valence-electron chi connectivity index (χ4n) is 3.03. The third-order valence-electron chi connectivity index (χ3n) is 4.20. The number of hydrogen-bond acceptors (Lipinski definition) is 3. The van der Waals surface area contributed by atoms with E-state index in [0.29, 0.717) is 31.5 Å². The molecule has 132 valence electrons. The van der Waals surface area contributed by atoms with Crippen molar-refractivity contribution in [1.29, 1.82) is 0 Å². The van der Waals surface area contributed by atoms with E-state index in [9.17, 15) is 19.1 Å². The van der Waals surface area contributed by atoms with Crippen molar-refractivity contribution in [2.45, 2.75) is 45.6 Å². The van der Waals surface area contributed by atoms with Crippen LogP contribution in [-0.4, -0.2) is 36.1 Å². The third kappa shape index (κ3) is 5.03. The van der Waals surface area contributed by atoms with Gasteiger partial charge in [0, 0.05) is 31.6 Å². The molecule has 1 aliphatic rings. The first-order valence-corrected chi connectivity index (χ1v) is 8.40. The van der Waals surface area contributed by atoms with E-state index in [0.717, 1.165) is 5.56 Å². The number of aryl methyl sites for hydroxylation is 1. The van der Waals surface area contributed by atoms with E-state index in [2.05, 4.69) is 5.32 Å². The van der Waals surface area contributed by atoms with Crippen LogP contribution in [0.3, 0.4) is 0 Å². The van der Waals surface area contributed by atoms with E-state index < -0.39 is 0 Å². The van der Waals surface area contributed by atoms with Crippen LogP contribution in [0.25, 0.3) is 0 Å². The van der Waals surface area contributed by atoms with Gasteiger partial charge in [0.05, 0.1) is 6.10 Å². The number of carbonyl (C=O) groups excluding carboxylic acids is 2. The molecule has 0 aliphatic carbocycles.